The average Bonchev–Trinajstić information content (AvgIpc) is 2.16. The molecule has 0 saturated carbocycles. The first-order valence-electron chi connectivity index (χ1n) is 4.83. The van der Waals surface area contributed by atoms with Crippen LogP contribution in [0.25, 0.3) is 0 Å². The first kappa shape index (κ1) is 11.7. The van der Waals surface area contributed by atoms with Crippen molar-refractivity contribution in [1.82, 2.24) is 4.90 Å². The first-order chi connectivity index (χ1) is 7.13. The molecule has 15 heavy (non-hydrogen) atoms. The van der Waals surface area contributed by atoms with Gasteiger partial charge in [0.05, 0.1) is 12.1 Å². The Morgan fingerprint density at radius 3 is 3.00 bits per heavy atom. The lowest BCUT2D eigenvalue weighted by atomic mass is 10.0. The summed E-state index contributed by atoms with van der Waals surface area (Å²) in [4.78, 5) is 17.4. The molecule has 5 heteroatoms. The maximum atomic E-state index is 10.6. The summed E-state index contributed by atoms with van der Waals surface area (Å²) in [5.41, 5.74) is 1.46. The molecule has 0 spiro atoms. The van der Waals surface area contributed by atoms with E-state index in [-0.39, 0.29) is 6.42 Å². The van der Waals surface area contributed by atoms with Crippen LogP contribution in [0.2, 0.25) is 0 Å². The van der Waals surface area contributed by atoms with Gasteiger partial charge in [0.25, 0.3) is 0 Å². The van der Waals surface area contributed by atoms with Crippen LogP contribution in [0.5, 0.6) is 0 Å². The fraction of sp³-hybridized carbons (Fsp3) is 0.600. The van der Waals surface area contributed by atoms with Crippen molar-refractivity contribution in [2.24, 2.45) is 5.16 Å². The highest BCUT2D eigenvalue weighted by Gasteiger charge is 2.16. The largest absolute Gasteiger partial charge is 0.481 e. The van der Waals surface area contributed by atoms with Crippen molar-refractivity contribution in [1.29, 1.82) is 0 Å². The predicted molar refractivity (Wildman–Crippen MR) is 56.9 cm³/mol. The highest BCUT2D eigenvalue weighted by Crippen LogP contribution is 2.12. The van der Waals surface area contributed by atoms with Gasteiger partial charge in [-0.1, -0.05) is 11.2 Å². The molecule has 0 aromatic heterocycles. The van der Waals surface area contributed by atoms with Crippen LogP contribution in [-0.2, 0) is 9.63 Å². The van der Waals surface area contributed by atoms with Crippen LogP contribution in [0.15, 0.2) is 16.8 Å². The molecule has 1 N–H and O–H groups in total. The van der Waals surface area contributed by atoms with Crippen LogP contribution in [-0.4, -0.2) is 48.9 Å². The summed E-state index contributed by atoms with van der Waals surface area (Å²) in [7, 11) is 3.42. The Bertz CT molecular complexity index is 297. The number of rotatable bonds is 4. The molecule has 5 nitrogen and oxygen atoms in total. The molecule has 0 aliphatic carbocycles. The van der Waals surface area contributed by atoms with Gasteiger partial charge < -0.3 is 14.8 Å². The van der Waals surface area contributed by atoms with E-state index in [1.54, 1.807) is 0 Å². The van der Waals surface area contributed by atoms with Gasteiger partial charge in [0.2, 0.25) is 0 Å². The summed E-state index contributed by atoms with van der Waals surface area (Å²) < 4.78 is 0. The van der Waals surface area contributed by atoms with Gasteiger partial charge in [-0.05, 0) is 19.0 Å². The molecule has 0 saturated heterocycles. The lowest BCUT2D eigenvalue weighted by Gasteiger charge is -2.23. The minimum Gasteiger partial charge on any atom is -0.481 e. The third kappa shape index (κ3) is 3.71. The van der Waals surface area contributed by atoms with Gasteiger partial charge in [-0.3, -0.25) is 4.79 Å². The summed E-state index contributed by atoms with van der Waals surface area (Å²) in [6.45, 7) is 1.73. The molecular formula is C10H16N2O3. The molecule has 0 unspecified atom stereocenters. The van der Waals surface area contributed by atoms with E-state index in [1.807, 2.05) is 13.1 Å². The quantitative estimate of drug-likeness (QED) is 0.551. The second-order valence-corrected chi connectivity index (χ2v) is 3.55. The molecule has 84 valence electrons. The number of carboxylic acids is 1. The summed E-state index contributed by atoms with van der Waals surface area (Å²) in [6, 6.07) is 0. The van der Waals surface area contributed by atoms with Gasteiger partial charge >= 0.3 is 5.97 Å². The van der Waals surface area contributed by atoms with Gasteiger partial charge in [-0.15, -0.1) is 0 Å². The Kier molecular flexibility index (Phi) is 4.30. The first-order valence-corrected chi connectivity index (χ1v) is 4.83. The lowest BCUT2D eigenvalue weighted by molar-refractivity contribution is -0.135. The summed E-state index contributed by atoms with van der Waals surface area (Å²) in [6.07, 6.45) is 2.86. The van der Waals surface area contributed by atoms with Gasteiger partial charge in [0, 0.05) is 13.1 Å². The maximum Gasteiger partial charge on any atom is 0.309 e. The SMILES string of the molecule is CO/N=C(\CC(=O)O)C1=CCCN(C)C1. The van der Waals surface area contributed by atoms with Crippen LogP contribution >= 0.6 is 0 Å². The van der Waals surface area contributed by atoms with E-state index in [1.165, 1.54) is 7.11 Å². The Hall–Kier alpha value is -1.36. The number of hydrogen-bond acceptors (Lipinski definition) is 4. The van der Waals surface area contributed by atoms with E-state index in [4.69, 9.17) is 5.11 Å². The summed E-state index contributed by atoms with van der Waals surface area (Å²) in [5.74, 6) is -0.889. The molecule has 0 fully saturated rings. The Morgan fingerprint density at radius 2 is 2.47 bits per heavy atom. The Labute approximate surface area is 89.0 Å². The van der Waals surface area contributed by atoms with E-state index in [0.29, 0.717) is 5.71 Å². The van der Waals surface area contributed by atoms with E-state index in [2.05, 4.69) is 14.9 Å². The highest BCUT2D eigenvalue weighted by atomic mass is 16.6. The number of likely N-dealkylation sites (N-methyl/N-ethyl adjacent to an activating group) is 1. The van der Waals surface area contributed by atoms with Crippen molar-refractivity contribution in [3.05, 3.63) is 11.6 Å². The fourth-order valence-electron chi connectivity index (χ4n) is 1.56. The standard InChI is InChI=1S/C10H16N2O3/c1-12-5-3-4-8(7-12)9(11-15-2)6-10(13)14/h4H,3,5-7H2,1-2H3,(H,13,14)/b11-9+. The number of carboxylic acid groups (broad SMARTS) is 1. The zero-order valence-corrected chi connectivity index (χ0v) is 9.06. The third-order valence-corrected chi connectivity index (χ3v) is 2.23. The molecule has 1 rings (SSSR count). The van der Waals surface area contributed by atoms with Crippen LogP contribution in [0, 0.1) is 0 Å². The molecule has 0 bridgehead atoms. The molecule has 0 aromatic rings. The second-order valence-electron chi connectivity index (χ2n) is 3.55. The van der Waals surface area contributed by atoms with E-state index in [9.17, 15) is 4.79 Å². The maximum absolute atomic E-state index is 10.6. The van der Waals surface area contributed by atoms with Crippen LogP contribution in [0.4, 0.5) is 0 Å². The van der Waals surface area contributed by atoms with Gasteiger partial charge in [-0.2, -0.15) is 0 Å². The molecule has 0 amide bonds. The normalized spacial score (nSPS) is 18.5. The van der Waals surface area contributed by atoms with Crippen LogP contribution in [0.3, 0.4) is 0 Å². The van der Waals surface area contributed by atoms with Crippen molar-refractivity contribution in [3.63, 3.8) is 0 Å². The molecule has 1 aliphatic heterocycles. The zero-order chi connectivity index (χ0) is 11.3. The molecular weight excluding hydrogens is 196 g/mol. The van der Waals surface area contributed by atoms with Crippen molar-refractivity contribution in [2.75, 3.05) is 27.2 Å². The predicted octanol–water partition coefficient (Wildman–Crippen LogP) is 0.725. The smallest absolute Gasteiger partial charge is 0.309 e. The Balaban J connectivity index is 2.75. The van der Waals surface area contributed by atoms with Crippen molar-refractivity contribution in [3.8, 4) is 0 Å². The number of oxime groups is 1. The average molecular weight is 212 g/mol. The molecule has 0 aromatic carbocycles. The topological polar surface area (TPSA) is 62.1 Å². The van der Waals surface area contributed by atoms with E-state index >= 15 is 0 Å². The van der Waals surface area contributed by atoms with Crippen molar-refractivity contribution >= 4 is 11.7 Å². The van der Waals surface area contributed by atoms with Crippen LogP contribution < -0.4 is 0 Å². The number of nitrogens with zero attached hydrogens (tertiary/aromatic N) is 2. The summed E-state index contributed by atoms with van der Waals surface area (Å²) >= 11 is 0. The fourth-order valence-corrected chi connectivity index (χ4v) is 1.56. The van der Waals surface area contributed by atoms with Crippen molar-refractivity contribution in [2.45, 2.75) is 12.8 Å². The molecule has 1 heterocycles. The number of carbonyl (C=O) groups is 1. The number of hydrogen-bond donors (Lipinski definition) is 1. The van der Waals surface area contributed by atoms with Gasteiger partial charge in [-0.25, -0.2) is 0 Å². The molecule has 1 aliphatic rings. The van der Waals surface area contributed by atoms with Gasteiger partial charge in [0.1, 0.15) is 7.11 Å². The molecule has 0 atom stereocenters. The molecule has 0 radical (unpaired) electrons. The lowest BCUT2D eigenvalue weighted by Crippen LogP contribution is -2.29. The van der Waals surface area contributed by atoms with Crippen molar-refractivity contribution < 1.29 is 14.7 Å². The van der Waals surface area contributed by atoms with Crippen LogP contribution in [0.1, 0.15) is 12.8 Å². The summed E-state index contributed by atoms with van der Waals surface area (Å²) in [5, 5.41) is 12.5. The second kappa shape index (κ2) is 5.50. The minimum atomic E-state index is -0.889. The monoisotopic (exact) mass is 212 g/mol. The Morgan fingerprint density at radius 1 is 1.73 bits per heavy atom. The zero-order valence-electron chi connectivity index (χ0n) is 9.06. The van der Waals surface area contributed by atoms with E-state index < -0.39 is 5.97 Å². The van der Waals surface area contributed by atoms with Gasteiger partial charge in [0.15, 0.2) is 0 Å². The minimum absolute atomic E-state index is 0.0898. The van der Waals surface area contributed by atoms with E-state index in [0.717, 1.165) is 25.1 Å². The number of aliphatic carboxylic acids is 1. The highest BCUT2D eigenvalue weighted by molar-refractivity contribution is 6.08. The third-order valence-electron chi connectivity index (χ3n) is 2.23.